The summed E-state index contributed by atoms with van der Waals surface area (Å²) >= 11 is 12.1. The molecular formula is C19H21Cl2NO4. The fraction of sp³-hybridized carbons (Fsp3) is 0.316. The molecule has 140 valence electrons. The lowest BCUT2D eigenvalue weighted by Crippen LogP contribution is -2.28. The molecule has 2 aromatic carbocycles. The van der Waals surface area contributed by atoms with Crippen LogP contribution in [0.4, 0.5) is 0 Å². The number of hydrogen-bond acceptors (Lipinski definition) is 4. The molecule has 0 saturated carbocycles. The number of carbonyl (C=O) groups is 1. The zero-order valence-corrected chi connectivity index (χ0v) is 16.6. The molecular weight excluding hydrogens is 377 g/mol. The third kappa shape index (κ3) is 4.74. The molecule has 7 heteroatoms. The second kappa shape index (κ2) is 9.01. The molecule has 2 aromatic rings. The number of halogens is 2. The van der Waals surface area contributed by atoms with Crippen molar-refractivity contribution in [2.24, 2.45) is 0 Å². The minimum atomic E-state index is -0.255. The van der Waals surface area contributed by atoms with Gasteiger partial charge in [-0.05, 0) is 42.3 Å². The second-order valence-electron chi connectivity index (χ2n) is 5.67. The highest BCUT2D eigenvalue weighted by Gasteiger charge is 2.17. The summed E-state index contributed by atoms with van der Waals surface area (Å²) in [6.07, 6.45) is 0.159. The number of benzene rings is 2. The Balaban J connectivity index is 2.14. The smallest absolute Gasteiger partial charge is 0.224 e. The monoisotopic (exact) mass is 397 g/mol. The van der Waals surface area contributed by atoms with E-state index in [2.05, 4.69) is 5.32 Å². The molecule has 0 aromatic heterocycles. The van der Waals surface area contributed by atoms with Crippen molar-refractivity contribution in [1.82, 2.24) is 5.32 Å². The van der Waals surface area contributed by atoms with Crippen molar-refractivity contribution in [3.05, 3.63) is 51.5 Å². The predicted octanol–water partition coefficient (Wildman–Crippen LogP) is 4.44. The maximum Gasteiger partial charge on any atom is 0.224 e. The first-order chi connectivity index (χ1) is 12.4. The molecule has 5 nitrogen and oxygen atoms in total. The van der Waals surface area contributed by atoms with Crippen molar-refractivity contribution >= 4 is 29.1 Å². The van der Waals surface area contributed by atoms with Crippen molar-refractivity contribution in [2.45, 2.75) is 19.4 Å². The molecule has 0 aliphatic rings. The maximum absolute atomic E-state index is 12.4. The van der Waals surface area contributed by atoms with Gasteiger partial charge in [0.1, 0.15) is 0 Å². The molecule has 0 spiro atoms. The van der Waals surface area contributed by atoms with E-state index < -0.39 is 0 Å². The number of rotatable bonds is 7. The first-order valence-electron chi connectivity index (χ1n) is 7.92. The van der Waals surface area contributed by atoms with Crippen LogP contribution in [0.15, 0.2) is 30.3 Å². The summed E-state index contributed by atoms with van der Waals surface area (Å²) in [4.78, 5) is 12.4. The molecule has 1 N–H and O–H groups in total. The molecule has 1 amide bonds. The maximum atomic E-state index is 12.4. The summed E-state index contributed by atoms with van der Waals surface area (Å²) in [5.41, 5.74) is 1.54. The lowest BCUT2D eigenvalue weighted by molar-refractivity contribution is -0.121. The van der Waals surface area contributed by atoms with Gasteiger partial charge >= 0.3 is 0 Å². The average molecular weight is 398 g/mol. The van der Waals surface area contributed by atoms with E-state index in [0.29, 0.717) is 27.3 Å². The number of methoxy groups -OCH3 is 3. The van der Waals surface area contributed by atoms with Crippen LogP contribution in [0.2, 0.25) is 10.0 Å². The highest BCUT2D eigenvalue weighted by Crippen LogP contribution is 2.38. The quantitative estimate of drug-likeness (QED) is 0.749. The normalized spacial score (nSPS) is 11.6. The molecule has 0 bridgehead atoms. The first kappa shape index (κ1) is 20.2. The summed E-state index contributed by atoms with van der Waals surface area (Å²) in [6.45, 7) is 1.86. The number of hydrogen-bond donors (Lipinski definition) is 1. The highest BCUT2D eigenvalue weighted by atomic mass is 35.5. The van der Waals surface area contributed by atoms with Gasteiger partial charge in [0.25, 0.3) is 0 Å². The number of nitrogens with one attached hydrogen (secondary N) is 1. The van der Waals surface area contributed by atoms with Crippen LogP contribution >= 0.6 is 23.2 Å². The first-order valence-corrected chi connectivity index (χ1v) is 8.68. The lowest BCUT2D eigenvalue weighted by atomic mass is 10.1. The van der Waals surface area contributed by atoms with Gasteiger partial charge in [0, 0.05) is 10.0 Å². The standard InChI is InChI=1S/C19H21Cl2NO4/c1-11(14-6-5-13(20)10-15(14)21)22-18(23)9-12-7-16(24-2)19(26-4)17(8-12)25-3/h5-8,10-11H,9H2,1-4H3,(H,22,23)/t11-/m0/s1. The van der Waals surface area contributed by atoms with E-state index in [9.17, 15) is 4.79 Å². The molecule has 26 heavy (non-hydrogen) atoms. The van der Waals surface area contributed by atoms with Crippen LogP contribution in [0.3, 0.4) is 0 Å². The summed E-state index contributed by atoms with van der Waals surface area (Å²) < 4.78 is 15.9. The molecule has 0 radical (unpaired) electrons. The molecule has 0 aliphatic heterocycles. The summed E-state index contributed by atoms with van der Waals surface area (Å²) in [6, 6.07) is 8.44. The number of carbonyl (C=O) groups excluding carboxylic acids is 1. The van der Waals surface area contributed by atoms with Crippen LogP contribution in [-0.4, -0.2) is 27.2 Å². The Kier molecular flexibility index (Phi) is 7.00. The summed E-state index contributed by atoms with van der Waals surface area (Å²) in [7, 11) is 4.60. The van der Waals surface area contributed by atoms with Gasteiger partial charge in [-0.3, -0.25) is 4.79 Å². The summed E-state index contributed by atoms with van der Waals surface area (Å²) in [5, 5.41) is 3.99. The Morgan fingerprint density at radius 1 is 1.04 bits per heavy atom. The second-order valence-corrected chi connectivity index (χ2v) is 6.51. The van der Waals surface area contributed by atoms with Crippen molar-refractivity contribution in [3.63, 3.8) is 0 Å². The fourth-order valence-corrected chi connectivity index (χ4v) is 3.22. The SMILES string of the molecule is COc1cc(CC(=O)N[C@@H](C)c2ccc(Cl)cc2Cl)cc(OC)c1OC. The van der Waals surface area contributed by atoms with Gasteiger partial charge in [-0.15, -0.1) is 0 Å². The van der Waals surface area contributed by atoms with Crippen molar-refractivity contribution in [2.75, 3.05) is 21.3 Å². The van der Waals surface area contributed by atoms with Gasteiger partial charge in [0.15, 0.2) is 11.5 Å². The van der Waals surface area contributed by atoms with E-state index in [4.69, 9.17) is 37.4 Å². The Hall–Kier alpha value is -2.11. The van der Waals surface area contributed by atoms with E-state index in [1.165, 1.54) is 21.3 Å². The van der Waals surface area contributed by atoms with Crippen molar-refractivity contribution < 1.29 is 19.0 Å². The van der Waals surface area contributed by atoms with Gasteiger partial charge in [0.05, 0.1) is 33.8 Å². The topological polar surface area (TPSA) is 56.8 Å². The van der Waals surface area contributed by atoms with Crippen molar-refractivity contribution in [1.29, 1.82) is 0 Å². The Morgan fingerprint density at radius 2 is 1.65 bits per heavy atom. The molecule has 0 aliphatic carbocycles. The van der Waals surface area contributed by atoms with Crippen LogP contribution in [0.25, 0.3) is 0 Å². The zero-order valence-electron chi connectivity index (χ0n) is 15.1. The number of ether oxygens (including phenoxy) is 3. The largest absolute Gasteiger partial charge is 0.493 e. The fourth-order valence-electron chi connectivity index (χ4n) is 2.65. The zero-order chi connectivity index (χ0) is 19.3. The van der Waals surface area contributed by atoms with Gasteiger partial charge in [-0.1, -0.05) is 29.3 Å². The van der Waals surface area contributed by atoms with E-state index in [1.54, 1.807) is 30.3 Å². The highest BCUT2D eigenvalue weighted by molar-refractivity contribution is 6.35. The van der Waals surface area contributed by atoms with Gasteiger partial charge in [0.2, 0.25) is 11.7 Å². The van der Waals surface area contributed by atoms with Crippen LogP contribution < -0.4 is 19.5 Å². The summed E-state index contributed by atoms with van der Waals surface area (Å²) in [5.74, 6) is 1.34. The third-order valence-electron chi connectivity index (χ3n) is 3.90. The van der Waals surface area contributed by atoms with Crippen LogP contribution in [0, 0.1) is 0 Å². The number of amides is 1. The van der Waals surface area contributed by atoms with Crippen molar-refractivity contribution in [3.8, 4) is 17.2 Å². The Bertz CT molecular complexity index is 770. The van der Waals surface area contributed by atoms with Gasteiger partial charge in [-0.2, -0.15) is 0 Å². The molecule has 0 fully saturated rings. The van der Waals surface area contributed by atoms with E-state index in [-0.39, 0.29) is 18.4 Å². The Morgan fingerprint density at radius 3 is 2.15 bits per heavy atom. The van der Waals surface area contributed by atoms with Crippen LogP contribution in [-0.2, 0) is 11.2 Å². The van der Waals surface area contributed by atoms with Crippen LogP contribution in [0.1, 0.15) is 24.1 Å². The lowest BCUT2D eigenvalue weighted by Gasteiger charge is -2.17. The van der Waals surface area contributed by atoms with E-state index in [0.717, 1.165) is 11.1 Å². The minimum absolute atomic E-state index is 0.155. The molecule has 0 heterocycles. The van der Waals surface area contributed by atoms with Crippen LogP contribution in [0.5, 0.6) is 17.2 Å². The van der Waals surface area contributed by atoms with E-state index >= 15 is 0 Å². The minimum Gasteiger partial charge on any atom is -0.493 e. The molecule has 2 rings (SSSR count). The average Bonchev–Trinajstić information content (AvgIpc) is 2.60. The molecule has 0 unspecified atom stereocenters. The molecule has 0 saturated heterocycles. The van der Waals surface area contributed by atoms with Gasteiger partial charge in [-0.25, -0.2) is 0 Å². The predicted molar refractivity (Wildman–Crippen MR) is 103 cm³/mol. The van der Waals surface area contributed by atoms with Gasteiger partial charge < -0.3 is 19.5 Å². The van der Waals surface area contributed by atoms with E-state index in [1.807, 2.05) is 6.92 Å². The third-order valence-corrected chi connectivity index (χ3v) is 4.46. The molecule has 1 atom stereocenters. The Labute approximate surface area is 163 Å².